The van der Waals surface area contributed by atoms with Crippen LogP contribution in [0, 0.1) is 0 Å². The summed E-state index contributed by atoms with van der Waals surface area (Å²) in [5, 5.41) is 0. The van der Waals surface area contributed by atoms with Crippen molar-refractivity contribution in [1.82, 2.24) is 15.4 Å². The van der Waals surface area contributed by atoms with Gasteiger partial charge in [-0.1, -0.05) is 15.9 Å². The van der Waals surface area contributed by atoms with Crippen molar-refractivity contribution in [3.05, 3.63) is 40.6 Å². The zero-order valence-electron chi connectivity index (χ0n) is 13.0. The lowest BCUT2D eigenvalue weighted by molar-refractivity contribution is 0.0962. The van der Waals surface area contributed by atoms with Gasteiger partial charge in [0.05, 0.1) is 0 Å². The number of rotatable bonds is 6. The molecule has 2 rings (SSSR count). The molecular weight excluding hydrogens is 360 g/mol. The van der Waals surface area contributed by atoms with Gasteiger partial charge in [0.1, 0.15) is 12.0 Å². The molecule has 0 aliphatic heterocycles. The first-order valence-electron chi connectivity index (χ1n) is 7.24. The first-order chi connectivity index (χ1) is 11.1. The van der Waals surface area contributed by atoms with Gasteiger partial charge in [-0.15, -0.1) is 0 Å². The molecule has 1 aromatic carbocycles. The van der Waals surface area contributed by atoms with Crippen LogP contribution in [0.1, 0.15) is 24.2 Å². The summed E-state index contributed by atoms with van der Waals surface area (Å²) in [5.41, 5.74) is 12.4. The highest BCUT2D eigenvalue weighted by Crippen LogP contribution is 2.25. The van der Waals surface area contributed by atoms with Gasteiger partial charge in [-0.2, -0.15) is 0 Å². The van der Waals surface area contributed by atoms with Crippen molar-refractivity contribution >= 4 is 39.2 Å². The van der Waals surface area contributed by atoms with Crippen molar-refractivity contribution in [2.45, 2.75) is 13.8 Å². The van der Waals surface area contributed by atoms with Crippen LogP contribution in [0.25, 0.3) is 0 Å². The maximum Gasteiger partial charge on any atom is 0.269 e. The van der Waals surface area contributed by atoms with E-state index in [-0.39, 0.29) is 5.91 Å². The van der Waals surface area contributed by atoms with E-state index in [2.05, 4.69) is 36.7 Å². The molecule has 0 radical (unpaired) electrons. The molecule has 4 N–H and O–H groups in total. The van der Waals surface area contributed by atoms with Crippen molar-refractivity contribution < 1.29 is 4.79 Å². The molecule has 8 heteroatoms. The monoisotopic (exact) mass is 378 g/mol. The average molecular weight is 379 g/mol. The third-order valence-corrected chi connectivity index (χ3v) is 3.86. The highest BCUT2D eigenvalue weighted by atomic mass is 79.9. The highest BCUT2D eigenvalue weighted by Gasteiger charge is 2.13. The number of benzene rings is 1. The van der Waals surface area contributed by atoms with Crippen LogP contribution in [0.15, 0.2) is 35.1 Å². The van der Waals surface area contributed by atoms with Crippen molar-refractivity contribution in [3.63, 3.8) is 0 Å². The Balaban J connectivity index is 2.10. The summed E-state index contributed by atoms with van der Waals surface area (Å²) in [6.45, 7) is 5.60. The first kappa shape index (κ1) is 17.0. The largest absolute Gasteiger partial charge is 0.393 e. The number of aromatic nitrogens is 2. The molecule has 23 heavy (non-hydrogen) atoms. The fourth-order valence-electron chi connectivity index (χ4n) is 2.05. The summed E-state index contributed by atoms with van der Waals surface area (Å²) in [6.07, 6.45) is 1.41. The van der Waals surface area contributed by atoms with E-state index in [0.29, 0.717) is 22.9 Å². The van der Waals surface area contributed by atoms with E-state index in [0.717, 1.165) is 17.6 Å². The Morgan fingerprint density at radius 2 is 1.87 bits per heavy atom. The van der Waals surface area contributed by atoms with E-state index in [4.69, 9.17) is 5.73 Å². The Hall–Kier alpha value is -2.35. The number of anilines is 3. The molecule has 0 fully saturated rings. The van der Waals surface area contributed by atoms with Gasteiger partial charge in [0, 0.05) is 23.1 Å². The number of hydrogen-bond donors (Lipinski definition) is 3. The molecule has 0 saturated carbocycles. The molecule has 0 spiro atoms. The van der Waals surface area contributed by atoms with Crippen molar-refractivity contribution in [2.75, 3.05) is 29.1 Å². The zero-order valence-corrected chi connectivity index (χ0v) is 14.6. The highest BCUT2D eigenvalue weighted by molar-refractivity contribution is 9.10. The van der Waals surface area contributed by atoms with Crippen LogP contribution < -0.4 is 21.5 Å². The summed E-state index contributed by atoms with van der Waals surface area (Å²) in [5.74, 6) is 0.734. The maximum absolute atomic E-state index is 12.1. The number of nitrogens with two attached hydrogens (primary N) is 1. The van der Waals surface area contributed by atoms with E-state index in [1.165, 1.54) is 6.33 Å². The van der Waals surface area contributed by atoms with Crippen LogP contribution in [0.4, 0.5) is 17.3 Å². The first-order valence-corrected chi connectivity index (χ1v) is 8.03. The topological polar surface area (TPSA) is 96.2 Å². The Kier molecular flexibility index (Phi) is 5.75. The lowest BCUT2D eigenvalue weighted by Gasteiger charge is -2.22. The van der Waals surface area contributed by atoms with E-state index in [9.17, 15) is 4.79 Å². The number of carbonyl (C=O) groups is 1. The van der Waals surface area contributed by atoms with Crippen LogP contribution >= 0.6 is 15.9 Å². The lowest BCUT2D eigenvalue weighted by atomic mass is 10.2. The second kappa shape index (κ2) is 7.77. The number of hydrogen-bond acceptors (Lipinski definition) is 6. The predicted octanol–water partition coefficient (Wildman–Crippen LogP) is 2.42. The second-order valence-corrected chi connectivity index (χ2v) is 5.63. The number of carbonyl (C=O) groups excluding carboxylic acids is 1. The molecule has 0 unspecified atom stereocenters. The number of hydrazine groups is 1. The van der Waals surface area contributed by atoms with Gasteiger partial charge in [0.2, 0.25) is 0 Å². The number of halogens is 1. The number of nitrogen functional groups attached to an aromatic ring is 1. The van der Waals surface area contributed by atoms with Crippen molar-refractivity contribution in [3.8, 4) is 0 Å². The van der Waals surface area contributed by atoms with Crippen molar-refractivity contribution in [2.24, 2.45) is 0 Å². The quantitative estimate of drug-likeness (QED) is 0.668. The molecule has 0 aliphatic carbocycles. The summed E-state index contributed by atoms with van der Waals surface area (Å²) in [4.78, 5) is 22.4. The molecule has 7 nitrogen and oxygen atoms in total. The molecule has 122 valence electrons. The van der Waals surface area contributed by atoms with Crippen LogP contribution in [-0.2, 0) is 0 Å². The molecule has 1 heterocycles. The molecule has 1 amide bonds. The Bertz CT molecular complexity index is 672. The van der Waals surface area contributed by atoms with Crippen LogP contribution in [0.3, 0.4) is 0 Å². The normalized spacial score (nSPS) is 10.2. The van der Waals surface area contributed by atoms with Crippen LogP contribution in [0.5, 0.6) is 0 Å². The van der Waals surface area contributed by atoms with Gasteiger partial charge >= 0.3 is 0 Å². The molecule has 0 bridgehead atoms. The minimum Gasteiger partial charge on any atom is -0.393 e. The molecule has 1 aromatic heterocycles. The minimum absolute atomic E-state index is 0.278. The third kappa shape index (κ3) is 4.10. The maximum atomic E-state index is 12.1. The summed E-state index contributed by atoms with van der Waals surface area (Å²) >= 11 is 3.33. The number of nitrogens with zero attached hydrogens (tertiary/aromatic N) is 3. The summed E-state index contributed by atoms with van der Waals surface area (Å²) in [7, 11) is 0. The molecular formula is C15H19BrN6O. The van der Waals surface area contributed by atoms with E-state index < -0.39 is 0 Å². The number of nitrogens with one attached hydrogen (secondary N) is 2. The summed E-state index contributed by atoms with van der Waals surface area (Å²) in [6, 6.07) is 7.02. The fraction of sp³-hybridized carbons (Fsp3) is 0.267. The van der Waals surface area contributed by atoms with Gasteiger partial charge in [0.15, 0.2) is 11.6 Å². The lowest BCUT2D eigenvalue weighted by Crippen LogP contribution is -2.31. The Labute approximate surface area is 143 Å². The molecule has 2 aromatic rings. The Morgan fingerprint density at radius 3 is 2.48 bits per heavy atom. The van der Waals surface area contributed by atoms with Gasteiger partial charge in [-0.25, -0.2) is 9.97 Å². The van der Waals surface area contributed by atoms with Crippen LogP contribution in [-0.4, -0.2) is 29.0 Å². The molecule has 0 aliphatic rings. The van der Waals surface area contributed by atoms with Gasteiger partial charge < -0.3 is 10.6 Å². The van der Waals surface area contributed by atoms with Gasteiger partial charge in [-0.3, -0.25) is 15.6 Å². The van der Waals surface area contributed by atoms with Gasteiger partial charge in [-0.05, 0) is 38.1 Å². The Morgan fingerprint density at radius 1 is 1.22 bits per heavy atom. The standard InChI is InChI=1S/C15H19BrN6O/c1-3-22(4-2)14-12(17)13(18-9-19-14)20-21-15(23)10-5-7-11(16)8-6-10/h5-9H,3-4,17H2,1-2H3,(H,21,23)(H,18,19,20). The van der Waals surface area contributed by atoms with Gasteiger partial charge in [0.25, 0.3) is 5.91 Å². The third-order valence-electron chi connectivity index (χ3n) is 3.33. The average Bonchev–Trinajstić information content (AvgIpc) is 2.56. The molecule has 0 atom stereocenters. The number of amides is 1. The SMILES string of the molecule is CCN(CC)c1ncnc(NNC(=O)c2ccc(Br)cc2)c1N. The van der Waals surface area contributed by atoms with Crippen LogP contribution in [0.2, 0.25) is 0 Å². The summed E-state index contributed by atoms with van der Waals surface area (Å²) < 4.78 is 0.908. The predicted molar refractivity (Wildman–Crippen MR) is 95.2 cm³/mol. The van der Waals surface area contributed by atoms with E-state index in [1.807, 2.05) is 18.7 Å². The fourth-order valence-corrected chi connectivity index (χ4v) is 2.31. The minimum atomic E-state index is -0.278. The smallest absolute Gasteiger partial charge is 0.269 e. The van der Waals surface area contributed by atoms with E-state index in [1.54, 1.807) is 24.3 Å². The second-order valence-electron chi connectivity index (χ2n) is 4.72. The molecule has 0 saturated heterocycles. The van der Waals surface area contributed by atoms with E-state index >= 15 is 0 Å². The zero-order chi connectivity index (χ0) is 16.8. The van der Waals surface area contributed by atoms with Crippen molar-refractivity contribution in [1.29, 1.82) is 0 Å².